The van der Waals surface area contributed by atoms with Gasteiger partial charge in [-0.1, -0.05) is 24.3 Å². The zero-order valence-corrected chi connectivity index (χ0v) is 15.7. The van der Waals surface area contributed by atoms with E-state index in [-0.39, 0.29) is 12.5 Å². The molecule has 0 saturated carbocycles. The summed E-state index contributed by atoms with van der Waals surface area (Å²) in [5.41, 5.74) is 3.42. The molecule has 2 aliphatic heterocycles. The molecule has 2 aromatic rings. The molecule has 148 valence electrons. The Bertz CT molecular complexity index is 833. The van der Waals surface area contributed by atoms with Gasteiger partial charge in [0.1, 0.15) is 5.75 Å². The molecule has 2 N–H and O–H groups in total. The van der Waals surface area contributed by atoms with Crippen LogP contribution in [0.4, 0.5) is 0 Å². The van der Waals surface area contributed by atoms with Crippen LogP contribution in [-0.2, 0) is 11.3 Å². The molecule has 0 radical (unpaired) electrons. The molecule has 6 nitrogen and oxygen atoms in total. The summed E-state index contributed by atoms with van der Waals surface area (Å²) in [6, 6.07) is 13.0. The number of aliphatic hydroxyl groups excluding tert-OH is 1. The molecule has 0 fully saturated rings. The smallest absolute Gasteiger partial charge is 0.231 e. The summed E-state index contributed by atoms with van der Waals surface area (Å²) in [7, 11) is 0. The van der Waals surface area contributed by atoms with E-state index in [2.05, 4.69) is 11.0 Å². The molecule has 2 heterocycles. The SMILES string of the molecule is Oc1ccc(C2=CCN(C[C@H](O)COCc3ccc4c(c3)OCO4)CC2)cc1. The van der Waals surface area contributed by atoms with Crippen molar-refractivity contribution in [1.29, 1.82) is 0 Å². The number of β-amino-alcohol motifs (C(OH)–C–C–N with tert-alkyl or cyclic N) is 1. The quantitative estimate of drug-likeness (QED) is 0.766. The van der Waals surface area contributed by atoms with E-state index in [1.54, 1.807) is 12.1 Å². The van der Waals surface area contributed by atoms with Gasteiger partial charge in [0.15, 0.2) is 11.5 Å². The van der Waals surface area contributed by atoms with Crippen LogP contribution in [0.3, 0.4) is 0 Å². The zero-order chi connectivity index (χ0) is 19.3. The highest BCUT2D eigenvalue weighted by atomic mass is 16.7. The highest BCUT2D eigenvalue weighted by molar-refractivity contribution is 5.67. The maximum atomic E-state index is 10.3. The van der Waals surface area contributed by atoms with Gasteiger partial charge in [-0.15, -0.1) is 0 Å². The number of hydrogen-bond donors (Lipinski definition) is 2. The Balaban J connectivity index is 1.20. The molecule has 4 rings (SSSR count). The molecule has 0 unspecified atom stereocenters. The standard InChI is InChI=1S/C22H25NO5/c24-19-4-2-17(3-5-19)18-7-9-23(10-8-18)12-20(25)14-26-13-16-1-6-21-22(11-16)28-15-27-21/h1-7,11,20,24-25H,8-10,12-15H2/t20-/m0/s1. The number of ether oxygens (including phenoxy) is 3. The molecule has 28 heavy (non-hydrogen) atoms. The molecule has 0 saturated heterocycles. The van der Waals surface area contributed by atoms with Gasteiger partial charge in [0.2, 0.25) is 6.79 Å². The van der Waals surface area contributed by atoms with Crippen molar-refractivity contribution >= 4 is 5.57 Å². The lowest BCUT2D eigenvalue weighted by Crippen LogP contribution is -2.37. The predicted molar refractivity (Wildman–Crippen MR) is 105 cm³/mol. The summed E-state index contributed by atoms with van der Waals surface area (Å²) in [5, 5.41) is 19.7. The second-order valence-corrected chi connectivity index (χ2v) is 7.14. The molecule has 0 bridgehead atoms. The molecule has 0 aliphatic carbocycles. The third-order valence-corrected chi connectivity index (χ3v) is 5.02. The van der Waals surface area contributed by atoms with E-state index < -0.39 is 6.10 Å². The zero-order valence-electron chi connectivity index (χ0n) is 15.7. The number of benzene rings is 2. The second kappa shape index (κ2) is 8.65. The number of aromatic hydroxyl groups is 1. The molecule has 0 amide bonds. The fraction of sp³-hybridized carbons (Fsp3) is 0.364. The second-order valence-electron chi connectivity index (χ2n) is 7.14. The minimum atomic E-state index is -0.530. The number of rotatable bonds is 7. The highest BCUT2D eigenvalue weighted by Crippen LogP contribution is 2.32. The van der Waals surface area contributed by atoms with Crippen LogP contribution in [0.1, 0.15) is 17.5 Å². The minimum absolute atomic E-state index is 0.261. The maximum Gasteiger partial charge on any atom is 0.231 e. The van der Waals surface area contributed by atoms with Crippen molar-refractivity contribution in [2.24, 2.45) is 0 Å². The number of hydrogen-bond acceptors (Lipinski definition) is 6. The van der Waals surface area contributed by atoms with Crippen molar-refractivity contribution in [3.05, 3.63) is 59.7 Å². The van der Waals surface area contributed by atoms with Crippen LogP contribution < -0.4 is 9.47 Å². The topological polar surface area (TPSA) is 71.4 Å². The fourth-order valence-electron chi connectivity index (χ4n) is 3.51. The Morgan fingerprint density at radius 3 is 2.68 bits per heavy atom. The number of phenols is 1. The molecule has 1 atom stereocenters. The Morgan fingerprint density at radius 2 is 1.89 bits per heavy atom. The fourth-order valence-corrected chi connectivity index (χ4v) is 3.51. The summed E-state index contributed by atoms with van der Waals surface area (Å²) < 4.78 is 16.3. The van der Waals surface area contributed by atoms with Crippen LogP contribution in [-0.4, -0.2) is 54.3 Å². The van der Waals surface area contributed by atoms with Crippen LogP contribution in [0.2, 0.25) is 0 Å². The van der Waals surface area contributed by atoms with E-state index in [1.807, 2.05) is 30.3 Å². The van der Waals surface area contributed by atoms with Crippen molar-refractivity contribution < 1.29 is 24.4 Å². The first-order valence-corrected chi connectivity index (χ1v) is 9.52. The summed E-state index contributed by atoms with van der Waals surface area (Å²) in [4.78, 5) is 2.22. The maximum absolute atomic E-state index is 10.3. The summed E-state index contributed by atoms with van der Waals surface area (Å²) >= 11 is 0. The Kier molecular flexibility index (Phi) is 5.81. The lowest BCUT2D eigenvalue weighted by molar-refractivity contribution is 0.0115. The van der Waals surface area contributed by atoms with Crippen LogP contribution >= 0.6 is 0 Å². The highest BCUT2D eigenvalue weighted by Gasteiger charge is 2.17. The minimum Gasteiger partial charge on any atom is -0.508 e. The van der Waals surface area contributed by atoms with Gasteiger partial charge in [-0.05, 0) is 47.4 Å². The van der Waals surface area contributed by atoms with Gasteiger partial charge in [0, 0.05) is 19.6 Å². The van der Waals surface area contributed by atoms with E-state index in [0.29, 0.717) is 19.8 Å². The largest absolute Gasteiger partial charge is 0.508 e. The first-order valence-electron chi connectivity index (χ1n) is 9.52. The Labute approximate surface area is 164 Å². The van der Waals surface area contributed by atoms with Crippen LogP contribution in [0.5, 0.6) is 17.2 Å². The Morgan fingerprint density at radius 1 is 1.07 bits per heavy atom. The van der Waals surface area contributed by atoms with E-state index in [1.165, 1.54) is 5.57 Å². The van der Waals surface area contributed by atoms with Crippen molar-refractivity contribution in [1.82, 2.24) is 4.90 Å². The van der Waals surface area contributed by atoms with Crippen molar-refractivity contribution in [3.63, 3.8) is 0 Å². The monoisotopic (exact) mass is 383 g/mol. The predicted octanol–water partition coefficient (Wildman–Crippen LogP) is 2.79. The van der Waals surface area contributed by atoms with E-state index >= 15 is 0 Å². The Hall–Kier alpha value is -2.54. The first kappa shape index (κ1) is 18.8. The number of aliphatic hydroxyl groups is 1. The van der Waals surface area contributed by atoms with E-state index in [9.17, 15) is 10.2 Å². The van der Waals surface area contributed by atoms with Crippen LogP contribution in [0, 0.1) is 0 Å². The number of nitrogens with zero attached hydrogens (tertiary/aromatic N) is 1. The molecular weight excluding hydrogens is 358 g/mol. The lowest BCUT2D eigenvalue weighted by Gasteiger charge is -2.28. The van der Waals surface area contributed by atoms with E-state index in [0.717, 1.165) is 42.1 Å². The van der Waals surface area contributed by atoms with Gasteiger partial charge >= 0.3 is 0 Å². The van der Waals surface area contributed by atoms with Crippen LogP contribution in [0.15, 0.2) is 48.5 Å². The molecule has 0 spiro atoms. The van der Waals surface area contributed by atoms with Gasteiger partial charge in [-0.3, -0.25) is 4.90 Å². The van der Waals surface area contributed by atoms with E-state index in [4.69, 9.17) is 14.2 Å². The van der Waals surface area contributed by atoms with Crippen molar-refractivity contribution in [2.75, 3.05) is 33.0 Å². The molecule has 2 aliphatic rings. The van der Waals surface area contributed by atoms with Crippen LogP contribution in [0.25, 0.3) is 5.57 Å². The van der Waals surface area contributed by atoms with Gasteiger partial charge in [0.05, 0.1) is 19.3 Å². The summed E-state index contributed by atoms with van der Waals surface area (Å²) in [5.74, 6) is 1.78. The van der Waals surface area contributed by atoms with Gasteiger partial charge < -0.3 is 24.4 Å². The van der Waals surface area contributed by atoms with Gasteiger partial charge in [-0.2, -0.15) is 0 Å². The third-order valence-electron chi connectivity index (χ3n) is 5.02. The number of phenolic OH excluding ortho intramolecular Hbond substituents is 1. The molecular formula is C22H25NO5. The molecule has 2 aromatic carbocycles. The third kappa shape index (κ3) is 4.65. The van der Waals surface area contributed by atoms with Crippen molar-refractivity contribution in [3.8, 4) is 17.2 Å². The molecule has 6 heteroatoms. The molecule has 0 aromatic heterocycles. The average molecular weight is 383 g/mol. The first-order chi connectivity index (χ1) is 13.7. The summed E-state index contributed by atoms with van der Waals surface area (Å²) in [6.07, 6.45) is 2.59. The number of fused-ring (bicyclic) bond motifs is 1. The lowest BCUT2D eigenvalue weighted by atomic mass is 9.99. The average Bonchev–Trinajstić information content (AvgIpc) is 3.17. The normalized spacial score (nSPS) is 17.4. The summed E-state index contributed by atoms with van der Waals surface area (Å²) in [6.45, 7) is 3.26. The van der Waals surface area contributed by atoms with Crippen molar-refractivity contribution in [2.45, 2.75) is 19.1 Å². The van der Waals surface area contributed by atoms with Gasteiger partial charge in [-0.25, -0.2) is 0 Å². The van der Waals surface area contributed by atoms with Gasteiger partial charge in [0.25, 0.3) is 0 Å².